The Labute approximate surface area is 117 Å². The molecule has 0 fully saturated rings. The van der Waals surface area contributed by atoms with Crippen LogP contribution < -0.4 is 10.2 Å². The normalized spacial score (nSPS) is 8.85. The van der Waals surface area contributed by atoms with E-state index in [0.717, 1.165) is 5.69 Å². The number of nitriles is 2. The van der Waals surface area contributed by atoms with Crippen molar-refractivity contribution < 1.29 is 9.53 Å². The van der Waals surface area contributed by atoms with E-state index in [2.05, 4.69) is 10.1 Å². The van der Waals surface area contributed by atoms with E-state index >= 15 is 0 Å². The van der Waals surface area contributed by atoms with Crippen LogP contribution in [-0.2, 0) is 4.74 Å². The molecule has 102 valence electrons. The minimum atomic E-state index is -0.426. The Kier molecular flexibility index (Phi) is 5.13. The number of nitrogens with one attached hydrogen (secondary N) is 1. The standard InChI is InChI=1S/C14H14N4O2/c1-18(2)13-6-11(14(19)20-3)4-5-12(13)17-9-10(7-15)8-16/h4-6,9,17H,1-3H3. The Morgan fingerprint density at radius 3 is 2.50 bits per heavy atom. The largest absolute Gasteiger partial charge is 0.465 e. The lowest BCUT2D eigenvalue weighted by molar-refractivity contribution is 0.0601. The molecule has 20 heavy (non-hydrogen) atoms. The van der Waals surface area contributed by atoms with Crippen molar-refractivity contribution in [1.29, 1.82) is 10.5 Å². The molecule has 0 unspecified atom stereocenters. The number of hydrogen-bond acceptors (Lipinski definition) is 6. The number of carbonyl (C=O) groups is 1. The molecule has 1 aromatic rings. The number of carbonyl (C=O) groups excluding carboxylic acids is 1. The molecule has 0 spiro atoms. The maximum absolute atomic E-state index is 11.5. The molecule has 6 heteroatoms. The van der Waals surface area contributed by atoms with Crippen LogP contribution in [0.5, 0.6) is 0 Å². The molecule has 1 N–H and O–H groups in total. The highest BCUT2D eigenvalue weighted by atomic mass is 16.5. The van der Waals surface area contributed by atoms with Crippen molar-refractivity contribution in [3.8, 4) is 12.1 Å². The fourth-order valence-electron chi connectivity index (χ4n) is 1.51. The molecule has 1 aromatic carbocycles. The second kappa shape index (κ2) is 6.81. The fraction of sp³-hybridized carbons (Fsp3) is 0.214. The van der Waals surface area contributed by atoms with Crippen molar-refractivity contribution in [2.75, 3.05) is 31.4 Å². The van der Waals surface area contributed by atoms with Gasteiger partial charge in [-0.05, 0) is 18.2 Å². The quantitative estimate of drug-likeness (QED) is 0.663. The summed E-state index contributed by atoms with van der Waals surface area (Å²) < 4.78 is 4.67. The summed E-state index contributed by atoms with van der Waals surface area (Å²) in [6.07, 6.45) is 1.32. The van der Waals surface area contributed by atoms with Gasteiger partial charge in [-0.3, -0.25) is 0 Å². The van der Waals surface area contributed by atoms with Gasteiger partial charge >= 0.3 is 5.97 Å². The highest BCUT2D eigenvalue weighted by Gasteiger charge is 2.10. The summed E-state index contributed by atoms with van der Waals surface area (Å²) in [5, 5.41) is 20.2. The number of ether oxygens (including phenoxy) is 1. The van der Waals surface area contributed by atoms with Crippen LogP contribution in [0.3, 0.4) is 0 Å². The van der Waals surface area contributed by atoms with Gasteiger partial charge in [0.25, 0.3) is 0 Å². The second-order valence-corrected chi connectivity index (χ2v) is 4.04. The SMILES string of the molecule is COC(=O)c1ccc(NC=C(C#N)C#N)c(N(C)C)c1. The summed E-state index contributed by atoms with van der Waals surface area (Å²) in [5.41, 5.74) is 1.79. The van der Waals surface area contributed by atoms with Gasteiger partial charge in [0.2, 0.25) is 0 Å². The van der Waals surface area contributed by atoms with E-state index in [-0.39, 0.29) is 5.57 Å². The van der Waals surface area contributed by atoms with Crippen LogP contribution >= 0.6 is 0 Å². The van der Waals surface area contributed by atoms with Crippen LogP contribution in [0.15, 0.2) is 30.0 Å². The molecule has 0 atom stereocenters. The molecule has 6 nitrogen and oxygen atoms in total. The van der Waals surface area contributed by atoms with E-state index in [1.54, 1.807) is 35.2 Å². The van der Waals surface area contributed by atoms with Gasteiger partial charge in [0, 0.05) is 20.3 Å². The first-order valence-corrected chi connectivity index (χ1v) is 5.70. The van der Waals surface area contributed by atoms with Crippen LogP contribution in [0, 0.1) is 22.7 Å². The average molecular weight is 270 g/mol. The van der Waals surface area contributed by atoms with Gasteiger partial charge in [0.05, 0.1) is 24.0 Å². The predicted molar refractivity (Wildman–Crippen MR) is 75.0 cm³/mol. The number of allylic oxidation sites excluding steroid dienone is 1. The number of hydrogen-bond donors (Lipinski definition) is 1. The molecule has 0 heterocycles. The van der Waals surface area contributed by atoms with Crippen molar-refractivity contribution in [3.63, 3.8) is 0 Å². The Hall–Kier alpha value is -2.99. The molecule has 0 saturated carbocycles. The maximum Gasteiger partial charge on any atom is 0.337 e. The van der Waals surface area contributed by atoms with Gasteiger partial charge in [0.15, 0.2) is 0 Å². The molecule has 0 bridgehead atoms. The minimum absolute atomic E-state index is 0.0354. The highest BCUT2D eigenvalue weighted by Crippen LogP contribution is 2.26. The van der Waals surface area contributed by atoms with Crippen molar-refractivity contribution in [2.24, 2.45) is 0 Å². The summed E-state index contributed by atoms with van der Waals surface area (Å²) in [7, 11) is 4.96. The molecular weight excluding hydrogens is 256 g/mol. The number of rotatable bonds is 4. The van der Waals surface area contributed by atoms with Crippen LogP contribution in [-0.4, -0.2) is 27.2 Å². The van der Waals surface area contributed by atoms with E-state index in [1.165, 1.54) is 13.3 Å². The second-order valence-electron chi connectivity index (χ2n) is 4.04. The van der Waals surface area contributed by atoms with Gasteiger partial charge in [-0.25, -0.2) is 4.79 Å². The van der Waals surface area contributed by atoms with Crippen LogP contribution in [0.4, 0.5) is 11.4 Å². The molecule has 0 saturated heterocycles. The topological polar surface area (TPSA) is 89.1 Å². The lowest BCUT2D eigenvalue weighted by atomic mass is 10.1. The molecule has 0 aliphatic rings. The highest BCUT2D eigenvalue weighted by molar-refractivity contribution is 5.92. The van der Waals surface area contributed by atoms with Gasteiger partial charge in [-0.15, -0.1) is 0 Å². The Morgan fingerprint density at radius 1 is 1.35 bits per heavy atom. The number of benzene rings is 1. The zero-order valence-electron chi connectivity index (χ0n) is 11.5. The van der Waals surface area contributed by atoms with E-state index < -0.39 is 5.97 Å². The first-order valence-electron chi connectivity index (χ1n) is 5.70. The van der Waals surface area contributed by atoms with Crippen LogP contribution in [0.25, 0.3) is 0 Å². The number of esters is 1. The molecule has 0 aliphatic heterocycles. The smallest absolute Gasteiger partial charge is 0.337 e. The molecular formula is C14H14N4O2. The Morgan fingerprint density at radius 2 is 2.00 bits per heavy atom. The van der Waals surface area contributed by atoms with E-state index in [9.17, 15) is 4.79 Å². The third-order valence-electron chi connectivity index (χ3n) is 2.51. The van der Waals surface area contributed by atoms with Gasteiger partial charge in [-0.1, -0.05) is 0 Å². The number of methoxy groups -OCH3 is 1. The fourth-order valence-corrected chi connectivity index (χ4v) is 1.51. The Bertz CT molecular complexity index is 605. The predicted octanol–water partition coefficient (Wildman–Crippen LogP) is 1.88. The average Bonchev–Trinajstić information content (AvgIpc) is 2.47. The maximum atomic E-state index is 11.5. The lowest BCUT2D eigenvalue weighted by Crippen LogP contribution is -2.12. The van der Waals surface area contributed by atoms with Crippen molar-refractivity contribution in [2.45, 2.75) is 0 Å². The third-order valence-corrected chi connectivity index (χ3v) is 2.51. The molecule has 1 rings (SSSR count). The van der Waals surface area contributed by atoms with Crippen molar-refractivity contribution >= 4 is 17.3 Å². The molecule has 0 aromatic heterocycles. The third kappa shape index (κ3) is 3.50. The monoisotopic (exact) mass is 270 g/mol. The van der Waals surface area contributed by atoms with Crippen molar-refractivity contribution in [3.05, 3.63) is 35.5 Å². The summed E-state index contributed by atoms with van der Waals surface area (Å²) in [4.78, 5) is 13.3. The summed E-state index contributed by atoms with van der Waals surface area (Å²) in [6, 6.07) is 8.48. The zero-order valence-corrected chi connectivity index (χ0v) is 11.5. The lowest BCUT2D eigenvalue weighted by Gasteiger charge is -2.18. The van der Waals surface area contributed by atoms with E-state index in [1.807, 2.05) is 14.1 Å². The first kappa shape index (κ1) is 15.1. The molecule has 0 aliphatic carbocycles. The summed E-state index contributed by atoms with van der Waals surface area (Å²) in [6.45, 7) is 0. The van der Waals surface area contributed by atoms with Gasteiger partial charge in [0.1, 0.15) is 17.7 Å². The van der Waals surface area contributed by atoms with Crippen LogP contribution in [0.2, 0.25) is 0 Å². The minimum Gasteiger partial charge on any atom is -0.465 e. The molecule has 0 radical (unpaired) electrons. The Balaban J connectivity index is 3.16. The van der Waals surface area contributed by atoms with Gasteiger partial charge < -0.3 is 15.0 Å². The van der Waals surface area contributed by atoms with Crippen molar-refractivity contribution in [1.82, 2.24) is 0 Å². The van der Waals surface area contributed by atoms with Gasteiger partial charge in [-0.2, -0.15) is 10.5 Å². The number of anilines is 2. The molecule has 0 amide bonds. The first-order chi connectivity index (χ1) is 9.53. The zero-order chi connectivity index (χ0) is 15.1. The summed E-state index contributed by atoms with van der Waals surface area (Å²) >= 11 is 0. The van der Waals surface area contributed by atoms with E-state index in [4.69, 9.17) is 10.5 Å². The van der Waals surface area contributed by atoms with Crippen LogP contribution in [0.1, 0.15) is 10.4 Å². The van der Waals surface area contributed by atoms with E-state index in [0.29, 0.717) is 11.3 Å². The summed E-state index contributed by atoms with van der Waals surface area (Å²) in [5.74, 6) is -0.426. The number of nitrogens with zero attached hydrogens (tertiary/aromatic N) is 3.